The first-order chi connectivity index (χ1) is 20.4. The highest BCUT2D eigenvalue weighted by Gasteiger charge is 2.27. The lowest BCUT2D eigenvalue weighted by Gasteiger charge is -2.02. The van der Waals surface area contributed by atoms with Gasteiger partial charge in [-0.25, -0.2) is 0 Å². The first-order valence-corrected chi connectivity index (χ1v) is 13.9. The van der Waals surface area contributed by atoms with E-state index in [1.165, 1.54) is 0 Å². The molecular formula is C33H36N4O6. The van der Waals surface area contributed by atoms with Crippen molar-refractivity contribution in [2.24, 2.45) is 0 Å². The zero-order valence-corrected chi connectivity index (χ0v) is 24.8. The highest BCUT2D eigenvalue weighted by atomic mass is 16.4. The molecule has 0 radical (unpaired) electrons. The van der Waals surface area contributed by atoms with Crippen LogP contribution in [0.5, 0.6) is 0 Å². The normalized spacial score (nSPS) is 16.8. The molecule has 0 aromatic carbocycles. The van der Waals surface area contributed by atoms with Crippen molar-refractivity contribution < 1.29 is 29.4 Å². The molecule has 10 heteroatoms. The van der Waals surface area contributed by atoms with E-state index >= 15 is 0 Å². The Morgan fingerprint density at radius 2 is 1.07 bits per heavy atom. The summed E-state index contributed by atoms with van der Waals surface area (Å²) in [5.41, 5.74) is 10.8. The average molecular weight is 585 g/mol. The number of aromatic nitrogens is 2. The van der Waals surface area contributed by atoms with Gasteiger partial charge < -0.3 is 30.8 Å². The Kier molecular flexibility index (Phi) is 8.89. The molecule has 0 saturated heterocycles. The standard InChI is InChI=1S/C33H36N4O6/c1-7-20-16(3)24(13-26-18(5)22(32(42)36-26)9-11-30(38)39)34-28(20)15-29-21(8-2)17(4)25(35-29)14-27-19(6)23(33(43)37-27)10-12-31(40)41/h7-8,13-14,34-35H,1-2,9-12,15H2,3-6H3,(H,36,42)(H,37,43)(H,38,39)(H,40,41). The van der Waals surface area contributed by atoms with Crippen molar-refractivity contribution in [3.63, 3.8) is 0 Å². The van der Waals surface area contributed by atoms with Crippen LogP contribution in [0, 0.1) is 13.8 Å². The van der Waals surface area contributed by atoms with Crippen LogP contribution in [0.25, 0.3) is 24.3 Å². The van der Waals surface area contributed by atoms with E-state index in [4.69, 9.17) is 10.2 Å². The summed E-state index contributed by atoms with van der Waals surface area (Å²) in [7, 11) is 0. The Balaban J connectivity index is 1.66. The number of hydrogen-bond acceptors (Lipinski definition) is 4. The van der Waals surface area contributed by atoms with Crippen LogP contribution in [-0.4, -0.2) is 43.9 Å². The number of carbonyl (C=O) groups is 4. The van der Waals surface area contributed by atoms with Crippen LogP contribution in [0.4, 0.5) is 0 Å². The van der Waals surface area contributed by atoms with Gasteiger partial charge in [0.15, 0.2) is 0 Å². The number of carbonyl (C=O) groups excluding carboxylic acids is 2. The number of aliphatic carboxylic acids is 2. The van der Waals surface area contributed by atoms with E-state index in [1.54, 1.807) is 26.0 Å². The second kappa shape index (κ2) is 12.4. The zero-order chi connectivity index (χ0) is 31.6. The summed E-state index contributed by atoms with van der Waals surface area (Å²) in [6.07, 6.45) is 7.86. The predicted molar refractivity (Wildman–Crippen MR) is 165 cm³/mol. The molecule has 0 fully saturated rings. The van der Waals surface area contributed by atoms with Gasteiger partial charge in [-0.3, -0.25) is 19.2 Å². The monoisotopic (exact) mass is 584 g/mol. The van der Waals surface area contributed by atoms with Crippen molar-refractivity contribution in [3.05, 3.63) is 91.9 Å². The smallest absolute Gasteiger partial charge is 0.303 e. The first-order valence-electron chi connectivity index (χ1n) is 13.9. The summed E-state index contributed by atoms with van der Waals surface area (Å²) < 4.78 is 0. The minimum Gasteiger partial charge on any atom is -0.481 e. The molecule has 2 aromatic heterocycles. The molecule has 4 heterocycles. The van der Waals surface area contributed by atoms with Crippen molar-refractivity contribution in [2.45, 2.75) is 59.8 Å². The third-order valence-electron chi connectivity index (χ3n) is 8.11. The number of nitrogens with one attached hydrogen (secondary N) is 4. The number of rotatable bonds is 12. The van der Waals surface area contributed by atoms with Crippen molar-refractivity contribution in [1.29, 1.82) is 0 Å². The lowest BCUT2D eigenvalue weighted by atomic mass is 10.0. The predicted octanol–water partition coefficient (Wildman–Crippen LogP) is 5.14. The largest absolute Gasteiger partial charge is 0.481 e. The fourth-order valence-corrected chi connectivity index (χ4v) is 5.58. The SMILES string of the molecule is C=Cc1c(Cc2[nH]c(C=C3NC(=O)C(CCC(=O)O)=C3C)c(C)c2C=C)[nH]c(C=C2NC(=O)C(CCC(=O)O)=C2C)c1C. The van der Waals surface area contributed by atoms with Crippen LogP contribution >= 0.6 is 0 Å². The molecule has 43 heavy (non-hydrogen) atoms. The maximum Gasteiger partial charge on any atom is 0.303 e. The summed E-state index contributed by atoms with van der Waals surface area (Å²) in [5, 5.41) is 23.8. The molecule has 224 valence electrons. The molecule has 2 aliphatic heterocycles. The van der Waals surface area contributed by atoms with E-state index in [-0.39, 0.29) is 37.5 Å². The molecule has 6 N–H and O–H groups in total. The van der Waals surface area contributed by atoms with Crippen LogP contribution < -0.4 is 10.6 Å². The van der Waals surface area contributed by atoms with E-state index < -0.39 is 11.9 Å². The molecule has 2 amide bonds. The number of hydrogen-bond donors (Lipinski definition) is 6. The quantitative estimate of drug-likeness (QED) is 0.202. The molecule has 0 unspecified atom stereocenters. The van der Waals surface area contributed by atoms with Crippen LogP contribution in [0.3, 0.4) is 0 Å². The van der Waals surface area contributed by atoms with Gasteiger partial charge in [0.25, 0.3) is 11.8 Å². The average Bonchev–Trinajstić information content (AvgIpc) is 3.58. The Morgan fingerprint density at radius 3 is 1.40 bits per heavy atom. The molecule has 0 bridgehead atoms. The Labute approximate surface area is 249 Å². The summed E-state index contributed by atoms with van der Waals surface area (Å²) >= 11 is 0. The van der Waals surface area contributed by atoms with E-state index in [2.05, 4.69) is 33.8 Å². The molecule has 0 atom stereocenters. The number of allylic oxidation sites excluding steroid dienone is 2. The molecule has 2 aromatic rings. The summed E-state index contributed by atoms with van der Waals surface area (Å²) in [4.78, 5) is 54.0. The fourth-order valence-electron chi connectivity index (χ4n) is 5.58. The van der Waals surface area contributed by atoms with Gasteiger partial charge in [-0.1, -0.05) is 25.3 Å². The van der Waals surface area contributed by atoms with Crippen LogP contribution in [0.15, 0.2) is 46.8 Å². The maximum absolute atomic E-state index is 12.5. The third kappa shape index (κ3) is 6.23. The topological polar surface area (TPSA) is 164 Å². The molecule has 4 rings (SSSR count). The van der Waals surface area contributed by atoms with E-state index in [1.807, 2.05) is 26.0 Å². The maximum atomic E-state index is 12.5. The highest BCUT2D eigenvalue weighted by molar-refractivity contribution is 6.02. The highest BCUT2D eigenvalue weighted by Crippen LogP contribution is 2.32. The first kappa shape index (κ1) is 30.8. The Hall–Kier alpha value is -5.12. The molecule has 0 aliphatic carbocycles. The number of H-pyrrole nitrogens is 2. The molecule has 0 spiro atoms. The molecule has 0 saturated carbocycles. The van der Waals surface area contributed by atoms with Crippen LogP contribution in [0.1, 0.15) is 84.6 Å². The Morgan fingerprint density at radius 1 is 0.698 bits per heavy atom. The Bertz CT molecular complexity index is 1580. The van der Waals surface area contributed by atoms with E-state index in [0.717, 1.165) is 56.2 Å². The molecular weight excluding hydrogens is 548 g/mol. The van der Waals surface area contributed by atoms with E-state index in [0.29, 0.717) is 29.0 Å². The van der Waals surface area contributed by atoms with E-state index in [9.17, 15) is 19.2 Å². The van der Waals surface area contributed by atoms with Gasteiger partial charge in [0.2, 0.25) is 0 Å². The number of aromatic amines is 2. The van der Waals surface area contributed by atoms with Gasteiger partial charge in [-0.15, -0.1) is 0 Å². The van der Waals surface area contributed by atoms with Crippen molar-refractivity contribution in [2.75, 3.05) is 0 Å². The van der Waals surface area contributed by atoms with Crippen molar-refractivity contribution in [1.82, 2.24) is 20.6 Å². The second-order valence-corrected chi connectivity index (χ2v) is 10.7. The van der Waals surface area contributed by atoms with Gasteiger partial charge in [-0.05, 0) is 86.1 Å². The minimum absolute atomic E-state index is 0.117. The van der Waals surface area contributed by atoms with Gasteiger partial charge >= 0.3 is 11.9 Å². The summed E-state index contributed by atoms with van der Waals surface area (Å²) in [5.74, 6) is -2.47. The number of carboxylic acids is 2. The molecule has 2 aliphatic rings. The van der Waals surface area contributed by atoms with Crippen LogP contribution in [-0.2, 0) is 25.6 Å². The van der Waals surface area contributed by atoms with Crippen molar-refractivity contribution in [3.8, 4) is 0 Å². The summed E-state index contributed by atoms with van der Waals surface area (Å²) in [6, 6.07) is 0. The second-order valence-electron chi connectivity index (χ2n) is 10.7. The molecule has 10 nitrogen and oxygen atoms in total. The number of amides is 2. The lowest BCUT2D eigenvalue weighted by Crippen LogP contribution is -2.16. The van der Waals surface area contributed by atoms with Gasteiger partial charge in [-0.2, -0.15) is 0 Å². The van der Waals surface area contributed by atoms with Crippen molar-refractivity contribution >= 4 is 48.1 Å². The third-order valence-corrected chi connectivity index (χ3v) is 8.11. The lowest BCUT2D eigenvalue weighted by molar-refractivity contribution is -0.138. The fraction of sp³-hybridized carbons (Fsp3) is 0.273. The summed E-state index contributed by atoms with van der Waals surface area (Å²) in [6.45, 7) is 15.6. The zero-order valence-electron chi connectivity index (χ0n) is 24.8. The van der Waals surface area contributed by atoms with Gasteiger partial charge in [0.05, 0.1) is 0 Å². The van der Waals surface area contributed by atoms with Crippen LogP contribution in [0.2, 0.25) is 0 Å². The minimum atomic E-state index is -0.955. The number of carboxylic acid groups (broad SMARTS) is 2. The van der Waals surface area contributed by atoms with Gasteiger partial charge in [0, 0.05) is 64.6 Å². The van der Waals surface area contributed by atoms with Gasteiger partial charge in [0.1, 0.15) is 0 Å².